The molecule has 0 spiro atoms. The lowest BCUT2D eigenvalue weighted by Crippen LogP contribution is -2.27. The van der Waals surface area contributed by atoms with E-state index in [1.165, 1.54) is 5.56 Å². The first kappa shape index (κ1) is 13.1. The fourth-order valence-corrected chi connectivity index (χ4v) is 2.37. The van der Waals surface area contributed by atoms with Gasteiger partial charge in [0.15, 0.2) is 0 Å². The number of rotatable bonds is 4. The minimum absolute atomic E-state index is 0.334. The maximum Gasteiger partial charge on any atom is 0.140 e. The Morgan fingerprint density at radius 1 is 1.39 bits per heavy atom. The van der Waals surface area contributed by atoms with Crippen molar-refractivity contribution in [1.82, 2.24) is 4.98 Å². The second-order valence-electron chi connectivity index (χ2n) is 4.95. The highest BCUT2D eigenvalue weighted by molar-refractivity contribution is 7.11. The minimum Gasteiger partial charge on any atom is -0.486 e. The molecule has 0 atom stereocenters. The van der Waals surface area contributed by atoms with Crippen LogP contribution in [-0.2, 0) is 12.1 Å². The van der Waals surface area contributed by atoms with Gasteiger partial charge >= 0.3 is 0 Å². The number of aryl methyl sites for hydroxylation is 1. The molecule has 2 rings (SSSR count). The molecule has 0 bridgehead atoms. The summed E-state index contributed by atoms with van der Waals surface area (Å²) < 4.78 is 5.71. The van der Waals surface area contributed by atoms with Crippen molar-refractivity contribution in [2.75, 3.05) is 0 Å². The Kier molecular flexibility index (Phi) is 3.68. The summed E-state index contributed by atoms with van der Waals surface area (Å²) in [4.78, 5) is 5.41. The normalized spacial score (nSPS) is 11.6. The van der Waals surface area contributed by atoms with Crippen LogP contribution in [0, 0.1) is 6.92 Å². The number of nitrogens with zero attached hydrogens (tertiary/aromatic N) is 1. The number of nitrogens with two attached hydrogens (primary N) is 1. The van der Waals surface area contributed by atoms with Gasteiger partial charge < -0.3 is 10.5 Å². The van der Waals surface area contributed by atoms with Crippen LogP contribution in [0.3, 0.4) is 0 Å². The summed E-state index contributed by atoms with van der Waals surface area (Å²) in [6.45, 7) is 6.49. The van der Waals surface area contributed by atoms with E-state index in [0.29, 0.717) is 6.61 Å². The molecule has 3 nitrogen and oxygen atoms in total. The molecule has 18 heavy (non-hydrogen) atoms. The predicted octanol–water partition coefficient (Wildman–Crippen LogP) is 3.22. The Hall–Kier alpha value is -1.39. The fourth-order valence-electron chi connectivity index (χ4n) is 1.53. The molecule has 0 aliphatic rings. The summed E-state index contributed by atoms with van der Waals surface area (Å²) in [5.41, 5.74) is 6.88. The van der Waals surface area contributed by atoms with Gasteiger partial charge in [-0.05, 0) is 38.5 Å². The zero-order valence-electron chi connectivity index (χ0n) is 10.9. The van der Waals surface area contributed by atoms with Crippen molar-refractivity contribution < 1.29 is 4.74 Å². The Morgan fingerprint density at radius 3 is 2.78 bits per heavy atom. The van der Waals surface area contributed by atoms with Crippen LogP contribution in [0.25, 0.3) is 0 Å². The van der Waals surface area contributed by atoms with Crippen molar-refractivity contribution in [2.45, 2.75) is 32.9 Å². The summed E-state index contributed by atoms with van der Waals surface area (Å²) in [6, 6.07) is 8.00. The molecule has 0 radical (unpaired) electrons. The second kappa shape index (κ2) is 5.08. The van der Waals surface area contributed by atoms with Crippen LogP contribution >= 0.6 is 11.3 Å². The quantitative estimate of drug-likeness (QED) is 0.920. The van der Waals surface area contributed by atoms with E-state index in [9.17, 15) is 0 Å². The standard InChI is InChI=1S/C14H18N2OS/c1-10-5-4-6-11(7-10)17-9-13-16-8-12(18-13)14(2,3)15/h4-8H,9,15H2,1-3H3. The molecule has 0 amide bonds. The van der Waals surface area contributed by atoms with Gasteiger partial charge in [-0.25, -0.2) is 4.98 Å². The smallest absolute Gasteiger partial charge is 0.140 e. The van der Waals surface area contributed by atoms with Crippen LogP contribution in [0.2, 0.25) is 0 Å². The monoisotopic (exact) mass is 262 g/mol. The molecule has 0 saturated heterocycles. The van der Waals surface area contributed by atoms with Crippen molar-refractivity contribution in [3.05, 3.63) is 45.9 Å². The highest BCUT2D eigenvalue weighted by Gasteiger charge is 2.17. The fraction of sp³-hybridized carbons (Fsp3) is 0.357. The van der Waals surface area contributed by atoms with Crippen LogP contribution in [-0.4, -0.2) is 4.98 Å². The van der Waals surface area contributed by atoms with Crippen molar-refractivity contribution in [2.24, 2.45) is 5.73 Å². The molecule has 2 aromatic rings. The lowest BCUT2D eigenvalue weighted by Gasteiger charge is -2.14. The number of aromatic nitrogens is 1. The lowest BCUT2D eigenvalue weighted by molar-refractivity contribution is 0.305. The van der Waals surface area contributed by atoms with E-state index in [1.807, 2.05) is 51.2 Å². The molecule has 2 N–H and O–H groups in total. The number of hydrogen-bond acceptors (Lipinski definition) is 4. The van der Waals surface area contributed by atoms with Gasteiger partial charge in [0.1, 0.15) is 17.4 Å². The predicted molar refractivity (Wildman–Crippen MR) is 74.8 cm³/mol. The highest BCUT2D eigenvalue weighted by Crippen LogP contribution is 2.24. The second-order valence-corrected chi connectivity index (χ2v) is 6.06. The maximum atomic E-state index is 6.03. The molecule has 1 aromatic heterocycles. The molecule has 0 unspecified atom stereocenters. The highest BCUT2D eigenvalue weighted by atomic mass is 32.1. The first-order valence-corrected chi connectivity index (χ1v) is 6.70. The lowest BCUT2D eigenvalue weighted by atomic mass is 10.1. The summed E-state index contributed by atoms with van der Waals surface area (Å²) in [5.74, 6) is 0.874. The van der Waals surface area contributed by atoms with Gasteiger partial charge in [-0.1, -0.05) is 12.1 Å². The topological polar surface area (TPSA) is 48.1 Å². The van der Waals surface area contributed by atoms with Gasteiger partial charge in [-0.2, -0.15) is 0 Å². The summed E-state index contributed by atoms with van der Waals surface area (Å²) in [5, 5.41) is 0.949. The number of hydrogen-bond donors (Lipinski definition) is 1. The van der Waals surface area contributed by atoms with E-state index in [1.54, 1.807) is 11.3 Å². The molecule has 0 saturated carbocycles. The Morgan fingerprint density at radius 2 is 2.17 bits per heavy atom. The average Bonchev–Trinajstić information content (AvgIpc) is 2.74. The van der Waals surface area contributed by atoms with Gasteiger partial charge in [-0.3, -0.25) is 0 Å². The minimum atomic E-state index is -0.334. The van der Waals surface area contributed by atoms with Crippen LogP contribution in [0.15, 0.2) is 30.5 Å². The van der Waals surface area contributed by atoms with Crippen LogP contribution in [0.1, 0.15) is 29.3 Å². The van der Waals surface area contributed by atoms with Crippen molar-refractivity contribution in [3.63, 3.8) is 0 Å². The van der Waals surface area contributed by atoms with E-state index in [-0.39, 0.29) is 5.54 Å². The Balaban J connectivity index is 2.01. The van der Waals surface area contributed by atoms with Crippen molar-refractivity contribution in [1.29, 1.82) is 0 Å². The molecule has 0 aliphatic heterocycles. The average molecular weight is 262 g/mol. The van der Waals surface area contributed by atoms with E-state index >= 15 is 0 Å². The molecule has 0 aliphatic carbocycles. The summed E-state index contributed by atoms with van der Waals surface area (Å²) in [6.07, 6.45) is 1.83. The molecular formula is C14H18N2OS. The zero-order valence-corrected chi connectivity index (χ0v) is 11.8. The van der Waals surface area contributed by atoms with Gasteiger partial charge in [-0.15, -0.1) is 11.3 Å². The van der Waals surface area contributed by atoms with Gasteiger partial charge in [0.05, 0.1) is 0 Å². The number of benzene rings is 1. The van der Waals surface area contributed by atoms with E-state index in [2.05, 4.69) is 4.98 Å². The molecule has 1 aromatic carbocycles. The van der Waals surface area contributed by atoms with Crippen molar-refractivity contribution in [3.8, 4) is 5.75 Å². The number of thiazole rings is 1. The van der Waals surface area contributed by atoms with Crippen LogP contribution in [0.5, 0.6) is 5.75 Å². The third kappa shape index (κ3) is 3.31. The van der Waals surface area contributed by atoms with Crippen molar-refractivity contribution >= 4 is 11.3 Å². The zero-order chi connectivity index (χ0) is 13.2. The van der Waals surface area contributed by atoms with E-state index < -0.39 is 0 Å². The van der Waals surface area contributed by atoms with Gasteiger partial charge in [0.2, 0.25) is 0 Å². The first-order chi connectivity index (χ1) is 8.45. The molecular weight excluding hydrogens is 244 g/mol. The third-order valence-electron chi connectivity index (χ3n) is 2.54. The number of ether oxygens (including phenoxy) is 1. The van der Waals surface area contributed by atoms with Crippen LogP contribution < -0.4 is 10.5 Å². The van der Waals surface area contributed by atoms with Gasteiger partial charge in [0, 0.05) is 16.6 Å². The van der Waals surface area contributed by atoms with E-state index in [4.69, 9.17) is 10.5 Å². The van der Waals surface area contributed by atoms with E-state index in [0.717, 1.165) is 15.6 Å². The molecule has 1 heterocycles. The third-order valence-corrected chi connectivity index (χ3v) is 3.85. The first-order valence-electron chi connectivity index (χ1n) is 5.89. The Bertz CT molecular complexity index is 529. The Labute approximate surface area is 112 Å². The molecule has 0 fully saturated rings. The summed E-state index contributed by atoms with van der Waals surface area (Å²) >= 11 is 1.60. The summed E-state index contributed by atoms with van der Waals surface area (Å²) in [7, 11) is 0. The van der Waals surface area contributed by atoms with Gasteiger partial charge in [0.25, 0.3) is 0 Å². The van der Waals surface area contributed by atoms with Crippen LogP contribution in [0.4, 0.5) is 0 Å². The molecule has 96 valence electrons. The SMILES string of the molecule is Cc1cccc(OCc2ncc(C(C)(C)N)s2)c1. The largest absolute Gasteiger partial charge is 0.486 e. The molecule has 4 heteroatoms. The maximum absolute atomic E-state index is 6.03.